The average Bonchev–Trinajstić information content (AvgIpc) is 2.11. The Morgan fingerprint density at radius 1 is 1.15 bits per heavy atom. The highest BCUT2D eigenvalue weighted by Gasteiger charge is 2.15. The molecule has 0 unspecified atom stereocenters. The molecule has 0 heterocycles. The summed E-state index contributed by atoms with van der Waals surface area (Å²) in [6.45, 7) is 3.82. The van der Waals surface area contributed by atoms with Gasteiger partial charge in [0.05, 0.1) is 0 Å². The van der Waals surface area contributed by atoms with Gasteiger partial charge in [-0.1, -0.05) is 18.2 Å². The molecule has 0 spiro atoms. The lowest BCUT2D eigenvalue weighted by atomic mass is 10.1. The summed E-state index contributed by atoms with van der Waals surface area (Å²) in [4.78, 5) is 0. The summed E-state index contributed by atoms with van der Waals surface area (Å²) in [5.41, 5.74) is 2.68. The van der Waals surface area contributed by atoms with Gasteiger partial charge in [-0.3, -0.25) is 0 Å². The van der Waals surface area contributed by atoms with Gasteiger partial charge in [0.2, 0.25) is 0 Å². The van der Waals surface area contributed by atoms with Gasteiger partial charge in [0, 0.05) is 19.5 Å². The van der Waals surface area contributed by atoms with E-state index in [4.69, 9.17) is 0 Å². The quantitative estimate of drug-likeness (QED) is 0.714. The third-order valence-electron chi connectivity index (χ3n) is 1.79. The molecule has 1 rings (SSSR count). The molecule has 0 bridgehead atoms. The van der Waals surface area contributed by atoms with Crippen LogP contribution in [0.5, 0.6) is 0 Å². The van der Waals surface area contributed by atoms with Crippen molar-refractivity contribution in [3.05, 3.63) is 41.8 Å². The summed E-state index contributed by atoms with van der Waals surface area (Å²) in [6, 6.07) is 5.57. The molecule has 2 nitrogen and oxygen atoms in total. The predicted octanol–water partition coefficient (Wildman–Crippen LogP) is 1.72. The van der Waals surface area contributed by atoms with Gasteiger partial charge in [-0.2, -0.15) is 0 Å². The second-order valence-corrected chi connectivity index (χ2v) is 3.63. The number of hydrogen-bond donors (Lipinski definition) is 0. The second-order valence-electron chi connectivity index (χ2n) is 2.58. The predicted molar refractivity (Wildman–Crippen MR) is 54.4 cm³/mol. The monoisotopic (exact) mass is 213 g/mol. The van der Waals surface area contributed by atoms with Crippen LogP contribution in [0.2, 0.25) is 0 Å². The van der Waals surface area contributed by atoms with Gasteiger partial charge in [0.1, 0.15) is 0 Å². The first kappa shape index (κ1) is 10.3. The summed E-state index contributed by atoms with van der Waals surface area (Å²) in [5, 5.41) is 0. The van der Waals surface area contributed by atoms with Gasteiger partial charge < -0.3 is 0 Å². The third-order valence-corrected chi connectivity index (χ3v) is 2.62. The molecular weight excluding hydrogens is 204 g/mol. The number of hydrogen-bond acceptors (Lipinski definition) is 2. The molecule has 4 heteroatoms. The molecule has 0 saturated heterocycles. The first-order valence-electron chi connectivity index (χ1n) is 3.72. The molecule has 1 radical (unpaired) electrons. The molecule has 67 valence electrons. The zero-order valence-electron chi connectivity index (χ0n) is 6.99. The summed E-state index contributed by atoms with van der Waals surface area (Å²) < 4.78 is 20.8. The van der Waals surface area contributed by atoms with Gasteiger partial charge in [0.15, 0.2) is 0 Å². The van der Waals surface area contributed by atoms with Crippen LogP contribution in [0.4, 0.5) is 0 Å². The van der Waals surface area contributed by atoms with E-state index in [1.807, 2.05) is 18.2 Å². The molecule has 0 aromatic heterocycles. The van der Waals surface area contributed by atoms with Gasteiger partial charge >= 0.3 is 23.3 Å². The maximum atomic E-state index is 10.4. The summed E-state index contributed by atoms with van der Waals surface area (Å²) >= 11 is 1.02. The summed E-state index contributed by atoms with van der Waals surface area (Å²) in [6.07, 6.45) is 0. The van der Waals surface area contributed by atoms with Crippen molar-refractivity contribution < 1.29 is 8.42 Å². The van der Waals surface area contributed by atoms with E-state index >= 15 is 0 Å². The van der Waals surface area contributed by atoms with Crippen molar-refractivity contribution in [1.82, 2.24) is 0 Å². The van der Waals surface area contributed by atoms with Crippen molar-refractivity contribution in [3.63, 3.8) is 0 Å². The lowest BCUT2D eigenvalue weighted by molar-refractivity contribution is 0.603. The van der Waals surface area contributed by atoms with E-state index in [9.17, 15) is 8.42 Å². The smallest absolute Gasteiger partial charge is 0.0615 e. The fraction of sp³-hybridized carbons (Fsp3) is 0.222. The molecule has 1 aromatic carbocycles. The standard InChI is InChI=1S/C9H9O2S2/c1-7-3-2-4-8(5-12-10)9(7)6-13-11/h2-4H,1,5-6H2/q+2. The maximum Gasteiger partial charge on any atom is 0.463 e. The third kappa shape index (κ3) is 2.60. The van der Waals surface area contributed by atoms with Crippen molar-refractivity contribution in [2.24, 2.45) is 0 Å². The lowest BCUT2D eigenvalue weighted by Crippen LogP contribution is -1.96. The molecule has 1 aromatic rings. The summed E-state index contributed by atoms with van der Waals surface area (Å²) in [7, 11) is 0. The van der Waals surface area contributed by atoms with Crippen LogP contribution in [0, 0.1) is 6.92 Å². The largest absolute Gasteiger partial charge is 0.463 e. The molecule has 0 aliphatic rings. The highest BCUT2D eigenvalue weighted by Crippen LogP contribution is 2.15. The van der Waals surface area contributed by atoms with Crippen LogP contribution < -0.4 is 0 Å². The maximum absolute atomic E-state index is 10.4. The van der Waals surface area contributed by atoms with Gasteiger partial charge in [-0.15, -0.1) is 0 Å². The van der Waals surface area contributed by atoms with E-state index in [1.54, 1.807) is 0 Å². The molecule has 13 heavy (non-hydrogen) atoms. The van der Waals surface area contributed by atoms with Gasteiger partial charge in [0.25, 0.3) is 11.5 Å². The molecular formula is C9H9O2S2+2. The highest BCUT2D eigenvalue weighted by molar-refractivity contribution is 7.65. The molecule has 0 saturated carbocycles. The van der Waals surface area contributed by atoms with E-state index in [-0.39, 0.29) is 0 Å². The normalized spacial score (nSPS) is 9.62. The topological polar surface area (TPSA) is 34.1 Å². The minimum Gasteiger partial charge on any atom is -0.0615 e. The van der Waals surface area contributed by atoms with Crippen LogP contribution in [0.25, 0.3) is 0 Å². The van der Waals surface area contributed by atoms with Crippen LogP contribution in [-0.4, -0.2) is 0 Å². The Balaban J connectivity index is 3.08. The molecule has 0 amide bonds. The zero-order valence-corrected chi connectivity index (χ0v) is 8.62. The van der Waals surface area contributed by atoms with Crippen LogP contribution in [0.15, 0.2) is 18.2 Å². The van der Waals surface area contributed by atoms with Crippen LogP contribution >= 0.6 is 0 Å². The Morgan fingerprint density at radius 3 is 2.46 bits per heavy atom. The SMILES string of the molecule is [CH2]c1cccc(C[S+]=O)c1C[S+]=O. The Bertz CT molecular complexity index is 323. The Hall–Kier alpha value is -0.740. The van der Waals surface area contributed by atoms with Crippen LogP contribution in [0.1, 0.15) is 16.7 Å². The molecule has 0 N–H and O–H groups in total. The Kier molecular flexibility index (Phi) is 4.05. The number of benzene rings is 1. The minimum atomic E-state index is 0.384. The van der Waals surface area contributed by atoms with E-state index < -0.39 is 0 Å². The highest BCUT2D eigenvalue weighted by atomic mass is 32.1. The molecule has 0 aliphatic carbocycles. The minimum absolute atomic E-state index is 0.384. The Labute approximate surface area is 85.3 Å². The van der Waals surface area contributed by atoms with Crippen molar-refractivity contribution in [1.29, 1.82) is 0 Å². The Morgan fingerprint density at radius 2 is 1.85 bits per heavy atom. The first-order chi connectivity index (χ1) is 6.29. The van der Waals surface area contributed by atoms with E-state index in [2.05, 4.69) is 6.92 Å². The summed E-state index contributed by atoms with van der Waals surface area (Å²) in [5.74, 6) is 0.787. The van der Waals surface area contributed by atoms with Crippen molar-refractivity contribution in [2.45, 2.75) is 11.5 Å². The molecule has 0 aliphatic heterocycles. The van der Waals surface area contributed by atoms with E-state index in [1.165, 1.54) is 0 Å². The molecule has 0 fully saturated rings. The van der Waals surface area contributed by atoms with Crippen molar-refractivity contribution >= 4 is 23.3 Å². The van der Waals surface area contributed by atoms with Crippen LogP contribution in [-0.2, 0) is 43.3 Å². The zero-order chi connectivity index (χ0) is 9.68. The fourth-order valence-electron chi connectivity index (χ4n) is 1.13. The van der Waals surface area contributed by atoms with Gasteiger partial charge in [-0.05, 0) is 12.5 Å². The second kappa shape index (κ2) is 5.09. The fourth-order valence-corrected chi connectivity index (χ4v) is 2.02. The van der Waals surface area contributed by atoms with Crippen molar-refractivity contribution in [2.75, 3.05) is 0 Å². The van der Waals surface area contributed by atoms with Crippen molar-refractivity contribution in [3.8, 4) is 0 Å². The number of rotatable bonds is 4. The molecule has 0 atom stereocenters. The lowest BCUT2D eigenvalue weighted by Gasteiger charge is -1.99. The van der Waals surface area contributed by atoms with E-state index in [0.717, 1.165) is 16.7 Å². The first-order valence-corrected chi connectivity index (χ1v) is 5.54. The average molecular weight is 213 g/mol. The van der Waals surface area contributed by atoms with Crippen LogP contribution in [0.3, 0.4) is 0 Å². The van der Waals surface area contributed by atoms with E-state index in [0.29, 0.717) is 34.8 Å². The van der Waals surface area contributed by atoms with Gasteiger partial charge in [-0.25, -0.2) is 0 Å².